The molecular weight excluding hydrogens is 284 g/mol. The van der Waals surface area contributed by atoms with Crippen molar-refractivity contribution in [2.24, 2.45) is 0 Å². The summed E-state index contributed by atoms with van der Waals surface area (Å²) >= 11 is 5.92. The highest BCUT2D eigenvalue weighted by Crippen LogP contribution is 2.25. The summed E-state index contributed by atoms with van der Waals surface area (Å²) in [6, 6.07) is 6.47. The predicted octanol–water partition coefficient (Wildman–Crippen LogP) is 2.60. The predicted molar refractivity (Wildman–Crippen MR) is 75.7 cm³/mol. The summed E-state index contributed by atoms with van der Waals surface area (Å²) in [7, 11) is -3.52. The normalized spacial score (nSPS) is 11.5. The van der Waals surface area contributed by atoms with Gasteiger partial charge in [-0.05, 0) is 36.2 Å². The number of halogens is 1. The van der Waals surface area contributed by atoms with Gasteiger partial charge in [0.15, 0.2) is 9.84 Å². The fourth-order valence-corrected chi connectivity index (χ4v) is 3.53. The molecule has 0 unspecified atom stereocenters. The molecule has 2 aromatic rings. The first-order chi connectivity index (χ1) is 8.90. The molecule has 19 heavy (non-hydrogen) atoms. The minimum atomic E-state index is -3.52. The van der Waals surface area contributed by atoms with E-state index >= 15 is 0 Å². The number of hydrogen-bond donors (Lipinski definition) is 1. The topological polar surface area (TPSA) is 73.0 Å². The van der Waals surface area contributed by atoms with Gasteiger partial charge in [0, 0.05) is 12.4 Å². The van der Waals surface area contributed by atoms with Crippen molar-refractivity contribution in [1.82, 2.24) is 4.98 Å². The Morgan fingerprint density at radius 1 is 1.32 bits per heavy atom. The van der Waals surface area contributed by atoms with Gasteiger partial charge in [0.25, 0.3) is 0 Å². The van der Waals surface area contributed by atoms with E-state index in [1.807, 2.05) is 6.92 Å². The maximum atomic E-state index is 12.3. The van der Waals surface area contributed by atoms with Gasteiger partial charge in [-0.1, -0.05) is 17.7 Å². The van der Waals surface area contributed by atoms with Crippen LogP contribution < -0.4 is 5.73 Å². The molecule has 1 aromatic heterocycles. The Hall–Kier alpha value is -1.59. The SMILES string of the molecule is Cc1ccc(S(=O)(=O)Cc2ccncc2Cl)c(N)c1. The van der Waals surface area contributed by atoms with Crippen LogP contribution in [0.3, 0.4) is 0 Å². The molecule has 0 aliphatic rings. The standard InChI is InChI=1S/C13H13ClN2O2S/c1-9-2-3-13(12(15)6-9)19(17,18)8-10-4-5-16-7-11(10)14/h2-7H,8,15H2,1H3. The molecule has 100 valence electrons. The number of nitrogen functional groups attached to an aromatic ring is 1. The highest BCUT2D eigenvalue weighted by atomic mass is 35.5. The van der Waals surface area contributed by atoms with Crippen molar-refractivity contribution in [3.8, 4) is 0 Å². The van der Waals surface area contributed by atoms with Crippen molar-refractivity contribution in [3.05, 3.63) is 52.8 Å². The van der Waals surface area contributed by atoms with E-state index in [2.05, 4.69) is 4.98 Å². The van der Waals surface area contributed by atoms with Crippen LogP contribution in [0.5, 0.6) is 0 Å². The van der Waals surface area contributed by atoms with E-state index in [1.54, 1.807) is 18.2 Å². The third kappa shape index (κ3) is 3.05. The van der Waals surface area contributed by atoms with Crippen LogP contribution in [0.15, 0.2) is 41.6 Å². The average Bonchev–Trinajstić information content (AvgIpc) is 2.31. The zero-order chi connectivity index (χ0) is 14.0. The first-order valence-corrected chi connectivity index (χ1v) is 7.60. The van der Waals surface area contributed by atoms with E-state index < -0.39 is 9.84 Å². The van der Waals surface area contributed by atoms with Crippen molar-refractivity contribution in [2.75, 3.05) is 5.73 Å². The summed E-state index contributed by atoms with van der Waals surface area (Å²) in [6.45, 7) is 1.85. The summed E-state index contributed by atoms with van der Waals surface area (Å²) in [5.74, 6) is -0.193. The number of sulfone groups is 1. The van der Waals surface area contributed by atoms with Crippen LogP contribution in [0.25, 0.3) is 0 Å². The summed E-state index contributed by atoms with van der Waals surface area (Å²) < 4.78 is 24.7. The summed E-state index contributed by atoms with van der Waals surface area (Å²) in [4.78, 5) is 3.96. The van der Waals surface area contributed by atoms with Crippen molar-refractivity contribution in [3.63, 3.8) is 0 Å². The van der Waals surface area contributed by atoms with Gasteiger partial charge in [-0.15, -0.1) is 0 Å². The van der Waals surface area contributed by atoms with Crippen LogP contribution >= 0.6 is 11.6 Å². The van der Waals surface area contributed by atoms with E-state index in [-0.39, 0.29) is 16.3 Å². The summed E-state index contributed by atoms with van der Waals surface area (Å²) in [5, 5.41) is 0.330. The zero-order valence-corrected chi connectivity index (χ0v) is 11.9. The Balaban J connectivity index is 2.41. The number of nitrogens with two attached hydrogens (primary N) is 1. The van der Waals surface area contributed by atoms with Gasteiger partial charge in [-0.25, -0.2) is 8.42 Å². The Bertz CT molecular complexity index is 714. The van der Waals surface area contributed by atoms with Gasteiger partial charge in [0.2, 0.25) is 0 Å². The maximum Gasteiger partial charge on any atom is 0.184 e. The average molecular weight is 297 g/mol. The number of hydrogen-bond acceptors (Lipinski definition) is 4. The third-order valence-electron chi connectivity index (χ3n) is 2.70. The van der Waals surface area contributed by atoms with E-state index in [0.717, 1.165) is 5.56 Å². The van der Waals surface area contributed by atoms with Gasteiger partial charge in [0.05, 0.1) is 21.4 Å². The van der Waals surface area contributed by atoms with Crippen LogP contribution in [-0.4, -0.2) is 13.4 Å². The molecule has 6 heteroatoms. The minimum Gasteiger partial charge on any atom is -0.398 e. The van der Waals surface area contributed by atoms with E-state index in [4.69, 9.17) is 17.3 Å². The Morgan fingerprint density at radius 3 is 2.68 bits per heavy atom. The van der Waals surface area contributed by atoms with Crippen LogP contribution in [0.2, 0.25) is 5.02 Å². The molecule has 2 rings (SSSR count). The second kappa shape index (κ2) is 5.19. The lowest BCUT2D eigenvalue weighted by molar-refractivity contribution is 0.595. The molecule has 0 fully saturated rings. The number of nitrogens with zero attached hydrogens (tertiary/aromatic N) is 1. The minimum absolute atomic E-state index is 0.131. The lowest BCUT2D eigenvalue weighted by Crippen LogP contribution is -2.08. The second-order valence-corrected chi connectivity index (χ2v) is 6.63. The Kier molecular flexibility index (Phi) is 3.78. The Morgan fingerprint density at radius 2 is 2.05 bits per heavy atom. The molecule has 4 nitrogen and oxygen atoms in total. The van der Waals surface area contributed by atoms with Crippen LogP contribution in [0.1, 0.15) is 11.1 Å². The van der Waals surface area contributed by atoms with Crippen LogP contribution in [0.4, 0.5) is 5.69 Å². The largest absolute Gasteiger partial charge is 0.398 e. The van der Waals surface area contributed by atoms with Crippen molar-refractivity contribution in [1.29, 1.82) is 0 Å². The maximum absolute atomic E-state index is 12.3. The van der Waals surface area contributed by atoms with Crippen LogP contribution in [-0.2, 0) is 15.6 Å². The third-order valence-corrected chi connectivity index (χ3v) is 4.78. The quantitative estimate of drug-likeness (QED) is 0.884. The Labute approximate surface area is 117 Å². The lowest BCUT2D eigenvalue weighted by atomic mass is 10.2. The molecule has 0 saturated heterocycles. The van der Waals surface area contributed by atoms with Crippen molar-refractivity contribution >= 4 is 27.1 Å². The number of aryl methyl sites for hydroxylation is 1. The highest BCUT2D eigenvalue weighted by Gasteiger charge is 2.19. The van der Waals surface area contributed by atoms with E-state index in [1.165, 1.54) is 18.5 Å². The molecule has 0 amide bonds. The number of aromatic nitrogens is 1. The molecule has 2 N–H and O–H groups in total. The fourth-order valence-electron chi connectivity index (χ4n) is 1.75. The van der Waals surface area contributed by atoms with Gasteiger partial charge >= 0.3 is 0 Å². The summed E-state index contributed by atoms with van der Waals surface area (Å²) in [5.41, 5.74) is 7.46. The van der Waals surface area contributed by atoms with Gasteiger partial charge < -0.3 is 5.73 Å². The lowest BCUT2D eigenvalue weighted by Gasteiger charge is -2.09. The van der Waals surface area contributed by atoms with E-state index in [0.29, 0.717) is 10.6 Å². The number of pyridine rings is 1. The molecule has 1 heterocycles. The number of benzene rings is 1. The number of rotatable bonds is 3. The number of anilines is 1. The fraction of sp³-hybridized carbons (Fsp3) is 0.154. The van der Waals surface area contributed by atoms with E-state index in [9.17, 15) is 8.42 Å². The molecule has 0 aliphatic heterocycles. The van der Waals surface area contributed by atoms with Crippen molar-refractivity contribution < 1.29 is 8.42 Å². The van der Waals surface area contributed by atoms with Crippen LogP contribution in [0, 0.1) is 6.92 Å². The molecule has 0 saturated carbocycles. The first kappa shape index (κ1) is 13.8. The van der Waals surface area contributed by atoms with Gasteiger partial charge in [-0.2, -0.15) is 0 Å². The molecular formula is C13H13ClN2O2S. The van der Waals surface area contributed by atoms with Gasteiger partial charge in [-0.3, -0.25) is 4.98 Å². The molecule has 0 radical (unpaired) electrons. The summed E-state index contributed by atoms with van der Waals surface area (Å²) in [6.07, 6.45) is 2.93. The first-order valence-electron chi connectivity index (χ1n) is 5.57. The molecule has 0 aliphatic carbocycles. The van der Waals surface area contributed by atoms with Crippen molar-refractivity contribution in [2.45, 2.75) is 17.6 Å². The molecule has 1 aromatic carbocycles. The zero-order valence-electron chi connectivity index (χ0n) is 10.3. The molecule has 0 atom stereocenters. The second-order valence-electron chi connectivity index (χ2n) is 4.27. The van der Waals surface area contributed by atoms with Gasteiger partial charge in [0.1, 0.15) is 0 Å². The monoisotopic (exact) mass is 296 g/mol. The molecule has 0 bridgehead atoms. The molecule has 0 spiro atoms. The smallest absolute Gasteiger partial charge is 0.184 e. The highest BCUT2D eigenvalue weighted by molar-refractivity contribution is 7.90.